The second-order valence-electron chi connectivity index (χ2n) is 8.15. The van der Waals surface area contributed by atoms with Gasteiger partial charge in [-0.25, -0.2) is 9.59 Å². The first kappa shape index (κ1) is 19.5. The summed E-state index contributed by atoms with van der Waals surface area (Å²) in [6.07, 6.45) is 0.990. The molecule has 134 valence electrons. The Labute approximate surface area is 138 Å². The Morgan fingerprint density at radius 2 is 1.17 bits per heavy atom. The molecule has 1 aliphatic carbocycles. The molecule has 1 fully saturated rings. The van der Waals surface area contributed by atoms with Crippen molar-refractivity contribution in [2.75, 3.05) is 0 Å². The van der Waals surface area contributed by atoms with E-state index in [1.165, 1.54) is 0 Å². The number of ether oxygens (including phenoxy) is 2. The molecule has 0 unspecified atom stereocenters. The predicted molar refractivity (Wildman–Crippen MR) is 88.1 cm³/mol. The summed E-state index contributed by atoms with van der Waals surface area (Å²) in [5.41, 5.74) is 4.94. The van der Waals surface area contributed by atoms with Gasteiger partial charge in [0.1, 0.15) is 11.2 Å². The fraction of sp³-hybridized carbons (Fsp3) is 0.875. The van der Waals surface area contributed by atoms with Crippen LogP contribution in [0.2, 0.25) is 0 Å². The van der Waals surface area contributed by atoms with Gasteiger partial charge in [-0.15, -0.1) is 0 Å². The zero-order valence-electron chi connectivity index (χ0n) is 15.1. The maximum absolute atomic E-state index is 11.9. The summed E-state index contributed by atoms with van der Waals surface area (Å²) in [5.74, 6) is 0. The van der Waals surface area contributed by atoms with Crippen LogP contribution in [0, 0.1) is 0 Å². The standard InChI is InChI=1S/C16H31N3O4/c1-15(2,3)22-13(20)18-11-7-10(17)8-12(9-11)19-14(21)23-16(4,5)6/h10-12H,7-9,17H2,1-6H3,(H,18,20)(H,19,21)/t11-,12-/m0/s1. The van der Waals surface area contributed by atoms with Gasteiger partial charge in [0.25, 0.3) is 0 Å². The highest BCUT2D eigenvalue weighted by atomic mass is 16.6. The van der Waals surface area contributed by atoms with Crippen LogP contribution < -0.4 is 16.4 Å². The average molecular weight is 329 g/mol. The lowest BCUT2D eigenvalue weighted by Gasteiger charge is -2.34. The summed E-state index contributed by atoms with van der Waals surface area (Å²) in [4.78, 5) is 23.7. The van der Waals surface area contributed by atoms with Crippen LogP contribution in [0.15, 0.2) is 0 Å². The first-order valence-electron chi connectivity index (χ1n) is 8.08. The maximum atomic E-state index is 11.9. The summed E-state index contributed by atoms with van der Waals surface area (Å²) in [6, 6.07) is -0.356. The molecule has 2 atom stereocenters. The SMILES string of the molecule is CC(C)(C)OC(=O)N[C@H]1CC(N)C[C@H](NC(=O)OC(C)(C)C)C1. The van der Waals surface area contributed by atoms with Gasteiger partial charge in [-0.05, 0) is 60.8 Å². The van der Waals surface area contributed by atoms with Crippen molar-refractivity contribution in [3.63, 3.8) is 0 Å². The van der Waals surface area contributed by atoms with Crippen molar-refractivity contribution in [3.8, 4) is 0 Å². The molecule has 0 aromatic heterocycles. The van der Waals surface area contributed by atoms with E-state index in [4.69, 9.17) is 15.2 Å². The second kappa shape index (κ2) is 7.38. The third-order valence-electron chi connectivity index (χ3n) is 3.19. The first-order valence-corrected chi connectivity index (χ1v) is 8.08. The molecule has 0 radical (unpaired) electrons. The van der Waals surface area contributed by atoms with Gasteiger partial charge in [0.2, 0.25) is 0 Å². The van der Waals surface area contributed by atoms with Gasteiger partial charge in [0.05, 0.1) is 0 Å². The summed E-state index contributed by atoms with van der Waals surface area (Å²) < 4.78 is 10.5. The topological polar surface area (TPSA) is 103 Å². The highest BCUT2D eigenvalue weighted by Crippen LogP contribution is 2.19. The van der Waals surface area contributed by atoms with E-state index in [2.05, 4.69) is 10.6 Å². The number of amides is 2. The highest BCUT2D eigenvalue weighted by molar-refractivity contribution is 5.69. The van der Waals surface area contributed by atoms with Crippen LogP contribution in [-0.4, -0.2) is 41.5 Å². The lowest BCUT2D eigenvalue weighted by molar-refractivity contribution is 0.0457. The molecular weight excluding hydrogens is 298 g/mol. The first-order chi connectivity index (χ1) is 10.3. The summed E-state index contributed by atoms with van der Waals surface area (Å²) in [6.45, 7) is 10.9. The van der Waals surface area contributed by atoms with Gasteiger partial charge in [-0.1, -0.05) is 0 Å². The fourth-order valence-corrected chi connectivity index (χ4v) is 2.55. The Hall–Kier alpha value is -1.50. The molecule has 2 amide bonds. The minimum atomic E-state index is -0.547. The maximum Gasteiger partial charge on any atom is 0.407 e. The van der Waals surface area contributed by atoms with E-state index >= 15 is 0 Å². The van der Waals surface area contributed by atoms with Gasteiger partial charge >= 0.3 is 12.2 Å². The van der Waals surface area contributed by atoms with Crippen molar-refractivity contribution in [1.29, 1.82) is 0 Å². The molecular formula is C16H31N3O4. The van der Waals surface area contributed by atoms with Crippen molar-refractivity contribution in [3.05, 3.63) is 0 Å². The lowest BCUT2D eigenvalue weighted by Crippen LogP contribution is -2.52. The lowest BCUT2D eigenvalue weighted by atomic mass is 9.87. The smallest absolute Gasteiger partial charge is 0.407 e. The molecule has 1 aliphatic rings. The molecule has 0 bridgehead atoms. The van der Waals surface area contributed by atoms with E-state index < -0.39 is 23.4 Å². The number of hydrogen-bond acceptors (Lipinski definition) is 5. The van der Waals surface area contributed by atoms with E-state index in [9.17, 15) is 9.59 Å². The molecule has 0 saturated heterocycles. The van der Waals surface area contributed by atoms with Crippen LogP contribution in [0.4, 0.5) is 9.59 Å². The summed E-state index contributed by atoms with van der Waals surface area (Å²) in [7, 11) is 0. The Kier molecular flexibility index (Phi) is 6.27. The Morgan fingerprint density at radius 3 is 1.48 bits per heavy atom. The van der Waals surface area contributed by atoms with E-state index in [-0.39, 0.29) is 18.1 Å². The largest absolute Gasteiger partial charge is 0.444 e. The number of rotatable bonds is 2. The van der Waals surface area contributed by atoms with Crippen LogP contribution in [0.1, 0.15) is 60.8 Å². The van der Waals surface area contributed by atoms with Gasteiger partial charge in [-0.2, -0.15) is 0 Å². The van der Waals surface area contributed by atoms with E-state index in [1.807, 2.05) is 41.5 Å². The Morgan fingerprint density at radius 1 is 0.826 bits per heavy atom. The molecule has 0 aliphatic heterocycles. The van der Waals surface area contributed by atoms with Crippen molar-refractivity contribution in [2.24, 2.45) is 5.73 Å². The minimum absolute atomic E-state index is 0.0939. The van der Waals surface area contributed by atoms with E-state index in [1.54, 1.807) is 0 Å². The van der Waals surface area contributed by atoms with Gasteiger partial charge in [0.15, 0.2) is 0 Å². The van der Waals surface area contributed by atoms with Gasteiger partial charge < -0.3 is 25.8 Å². The van der Waals surface area contributed by atoms with E-state index in [0.717, 1.165) is 0 Å². The average Bonchev–Trinajstić information content (AvgIpc) is 2.20. The molecule has 0 aromatic carbocycles. The summed E-state index contributed by atoms with van der Waals surface area (Å²) in [5, 5.41) is 5.65. The normalized spacial score (nSPS) is 25.4. The fourth-order valence-electron chi connectivity index (χ4n) is 2.55. The highest BCUT2D eigenvalue weighted by Gasteiger charge is 2.31. The molecule has 7 nitrogen and oxygen atoms in total. The number of carbonyl (C=O) groups excluding carboxylic acids is 2. The Bertz CT molecular complexity index is 388. The minimum Gasteiger partial charge on any atom is -0.444 e. The molecule has 1 rings (SSSR count). The number of hydrogen-bond donors (Lipinski definition) is 3. The second-order valence-corrected chi connectivity index (χ2v) is 8.15. The summed E-state index contributed by atoms with van der Waals surface area (Å²) >= 11 is 0. The van der Waals surface area contributed by atoms with Crippen LogP contribution in [0.5, 0.6) is 0 Å². The number of carbonyl (C=O) groups is 2. The monoisotopic (exact) mass is 329 g/mol. The van der Waals surface area contributed by atoms with Crippen molar-refractivity contribution >= 4 is 12.2 Å². The van der Waals surface area contributed by atoms with Crippen LogP contribution in [0.25, 0.3) is 0 Å². The third kappa shape index (κ3) is 8.64. The Balaban J connectivity index is 2.52. The number of alkyl carbamates (subject to hydrolysis) is 2. The van der Waals surface area contributed by atoms with Crippen LogP contribution in [0.3, 0.4) is 0 Å². The number of nitrogens with one attached hydrogen (secondary N) is 2. The molecule has 0 heterocycles. The molecule has 23 heavy (non-hydrogen) atoms. The zero-order chi connectivity index (χ0) is 17.8. The zero-order valence-corrected chi connectivity index (χ0v) is 15.1. The van der Waals surface area contributed by atoms with Gasteiger partial charge in [-0.3, -0.25) is 0 Å². The molecule has 0 spiro atoms. The van der Waals surface area contributed by atoms with Gasteiger partial charge in [0, 0.05) is 18.1 Å². The molecule has 1 saturated carbocycles. The van der Waals surface area contributed by atoms with Crippen molar-refractivity contribution in [2.45, 2.75) is 90.1 Å². The molecule has 7 heteroatoms. The molecule has 4 N–H and O–H groups in total. The van der Waals surface area contributed by atoms with Crippen molar-refractivity contribution < 1.29 is 19.1 Å². The van der Waals surface area contributed by atoms with E-state index in [0.29, 0.717) is 19.3 Å². The van der Waals surface area contributed by atoms with Crippen molar-refractivity contribution in [1.82, 2.24) is 10.6 Å². The molecule has 0 aromatic rings. The van der Waals surface area contributed by atoms with Crippen LogP contribution in [-0.2, 0) is 9.47 Å². The quantitative estimate of drug-likeness (QED) is 0.721. The number of nitrogens with two attached hydrogens (primary N) is 1. The van der Waals surface area contributed by atoms with Crippen LogP contribution >= 0.6 is 0 Å². The predicted octanol–water partition coefficient (Wildman–Crippen LogP) is 2.28. The third-order valence-corrected chi connectivity index (χ3v) is 3.19.